The van der Waals surface area contributed by atoms with Gasteiger partial charge in [0.15, 0.2) is 0 Å². The van der Waals surface area contributed by atoms with Crippen molar-refractivity contribution in [2.24, 2.45) is 5.92 Å². The zero-order chi connectivity index (χ0) is 19.8. The number of nitrogens with one attached hydrogen (secondary N) is 3. The van der Waals surface area contributed by atoms with Crippen LogP contribution in [0.5, 0.6) is 0 Å². The van der Waals surface area contributed by atoms with Gasteiger partial charge in [0.1, 0.15) is 0 Å². The van der Waals surface area contributed by atoms with Crippen LogP contribution in [0, 0.1) is 19.8 Å². The molecule has 2 fully saturated rings. The van der Waals surface area contributed by atoms with Gasteiger partial charge < -0.3 is 5.32 Å². The minimum Gasteiger partial charge on any atom is -0.351 e. The van der Waals surface area contributed by atoms with Crippen LogP contribution in [0.25, 0.3) is 5.69 Å². The van der Waals surface area contributed by atoms with Crippen molar-refractivity contribution < 1.29 is 4.79 Å². The largest absolute Gasteiger partial charge is 0.351 e. The lowest BCUT2D eigenvalue weighted by molar-refractivity contribution is -0.121. The maximum atomic E-state index is 12.8. The lowest BCUT2D eigenvalue weighted by atomic mass is 9.82. The monoisotopic (exact) mass is 421 g/mol. The molecular formula is C20H25Cl2N5O. The molecule has 6 nitrogen and oxygen atoms in total. The first-order chi connectivity index (χ1) is 13.4. The SMILES string of the molecule is Cc1nn(-c2ccc(Cl)c(Cl)c2)c(C)c1CC(=O)NC1CCCC2CNNC21. The van der Waals surface area contributed by atoms with Gasteiger partial charge in [0.2, 0.25) is 5.91 Å². The zero-order valence-electron chi connectivity index (χ0n) is 16.1. The summed E-state index contributed by atoms with van der Waals surface area (Å²) in [4.78, 5) is 12.8. The number of rotatable bonds is 4. The molecule has 1 aromatic carbocycles. The number of fused-ring (bicyclic) bond motifs is 1. The predicted molar refractivity (Wildman–Crippen MR) is 111 cm³/mol. The van der Waals surface area contributed by atoms with E-state index in [9.17, 15) is 4.79 Å². The molecule has 1 aliphatic carbocycles. The topological polar surface area (TPSA) is 71.0 Å². The van der Waals surface area contributed by atoms with Crippen molar-refractivity contribution in [1.82, 2.24) is 25.9 Å². The van der Waals surface area contributed by atoms with Crippen LogP contribution in [0.4, 0.5) is 0 Å². The summed E-state index contributed by atoms with van der Waals surface area (Å²) in [5.41, 5.74) is 10.1. The van der Waals surface area contributed by atoms with Gasteiger partial charge in [0.05, 0.1) is 27.8 Å². The van der Waals surface area contributed by atoms with Gasteiger partial charge in [0, 0.05) is 29.9 Å². The molecule has 4 rings (SSSR count). The van der Waals surface area contributed by atoms with Crippen LogP contribution in [0.15, 0.2) is 18.2 Å². The number of carbonyl (C=O) groups excluding carboxylic acids is 1. The third kappa shape index (κ3) is 3.79. The molecule has 1 saturated heterocycles. The quantitative estimate of drug-likeness (QED) is 0.708. The Labute approximate surface area is 174 Å². The Morgan fingerprint density at radius 3 is 2.89 bits per heavy atom. The standard InChI is InChI=1S/C20H25Cl2N5O/c1-11-15(12(2)27(26-11)14-6-7-16(21)17(22)8-14)9-19(28)24-18-5-3-4-13-10-23-25-20(13)18/h6-8,13,18,20,23,25H,3-5,9-10H2,1-2H3,(H,24,28). The second kappa shape index (κ2) is 8.03. The summed E-state index contributed by atoms with van der Waals surface area (Å²) in [6, 6.07) is 5.90. The number of hydrazine groups is 1. The normalized spacial score (nSPS) is 24.2. The zero-order valence-corrected chi connectivity index (χ0v) is 17.6. The van der Waals surface area contributed by atoms with E-state index in [1.54, 1.807) is 12.1 Å². The first-order valence-corrected chi connectivity index (χ1v) is 10.5. The number of benzene rings is 1. The fourth-order valence-electron chi connectivity index (χ4n) is 4.42. The predicted octanol–water partition coefficient (Wildman–Crippen LogP) is 3.10. The molecule has 2 heterocycles. The van der Waals surface area contributed by atoms with E-state index in [1.807, 2.05) is 24.6 Å². The van der Waals surface area contributed by atoms with Crippen LogP contribution in [0.2, 0.25) is 10.0 Å². The van der Waals surface area contributed by atoms with E-state index >= 15 is 0 Å². The summed E-state index contributed by atoms with van der Waals surface area (Å²) in [6.45, 7) is 4.89. The van der Waals surface area contributed by atoms with Gasteiger partial charge >= 0.3 is 0 Å². The highest BCUT2D eigenvalue weighted by atomic mass is 35.5. The highest BCUT2D eigenvalue weighted by Gasteiger charge is 2.37. The van der Waals surface area contributed by atoms with Crippen LogP contribution in [-0.4, -0.2) is 34.3 Å². The molecule has 3 N–H and O–H groups in total. The minimum absolute atomic E-state index is 0.0410. The number of aromatic nitrogens is 2. The fourth-order valence-corrected chi connectivity index (χ4v) is 4.71. The van der Waals surface area contributed by atoms with E-state index in [-0.39, 0.29) is 11.9 Å². The van der Waals surface area contributed by atoms with E-state index in [0.29, 0.717) is 28.4 Å². The van der Waals surface area contributed by atoms with Crippen LogP contribution < -0.4 is 16.2 Å². The van der Waals surface area contributed by atoms with Crippen LogP contribution in [0.3, 0.4) is 0 Å². The van der Waals surface area contributed by atoms with Crippen LogP contribution >= 0.6 is 23.2 Å². The number of aryl methyl sites for hydroxylation is 1. The molecule has 0 bridgehead atoms. The number of hydrogen-bond acceptors (Lipinski definition) is 4. The molecule has 150 valence electrons. The number of halogens is 2. The van der Waals surface area contributed by atoms with Crippen molar-refractivity contribution in [2.75, 3.05) is 6.54 Å². The molecule has 3 unspecified atom stereocenters. The molecular weight excluding hydrogens is 397 g/mol. The van der Waals surface area contributed by atoms with Gasteiger partial charge in [-0.05, 0) is 50.8 Å². The Bertz CT molecular complexity index is 897. The van der Waals surface area contributed by atoms with E-state index in [2.05, 4.69) is 21.3 Å². The van der Waals surface area contributed by atoms with E-state index in [1.165, 1.54) is 6.42 Å². The summed E-state index contributed by atoms with van der Waals surface area (Å²) in [6.07, 6.45) is 3.71. The molecule has 1 amide bonds. The maximum Gasteiger partial charge on any atom is 0.224 e. The molecule has 3 atom stereocenters. The number of hydrogen-bond donors (Lipinski definition) is 3. The third-order valence-electron chi connectivity index (χ3n) is 5.94. The van der Waals surface area contributed by atoms with Gasteiger partial charge in [-0.2, -0.15) is 5.10 Å². The fraction of sp³-hybridized carbons (Fsp3) is 0.500. The Morgan fingerprint density at radius 1 is 1.29 bits per heavy atom. The molecule has 8 heteroatoms. The van der Waals surface area contributed by atoms with E-state index in [4.69, 9.17) is 23.2 Å². The van der Waals surface area contributed by atoms with Gasteiger partial charge in [-0.3, -0.25) is 15.6 Å². The van der Waals surface area contributed by atoms with Crippen molar-refractivity contribution in [2.45, 2.75) is 51.6 Å². The third-order valence-corrected chi connectivity index (χ3v) is 6.68. The van der Waals surface area contributed by atoms with Crippen molar-refractivity contribution in [3.8, 4) is 5.69 Å². The average molecular weight is 422 g/mol. The van der Waals surface area contributed by atoms with E-state index < -0.39 is 0 Å². The summed E-state index contributed by atoms with van der Waals surface area (Å²) in [7, 11) is 0. The molecule has 1 aliphatic heterocycles. The lowest BCUT2D eigenvalue weighted by Gasteiger charge is -2.33. The summed E-state index contributed by atoms with van der Waals surface area (Å²) in [5.74, 6) is 0.638. The Balaban J connectivity index is 1.49. The van der Waals surface area contributed by atoms with Crippen molar-refractivity contribution in [3.05, 3.63) is 45.2 Å². The molecule has 1 saturated carbocycles. The highest BCUT2D eigenvalue weighted by Crippen LogP contribution is 2.28. The Hall–Kier alpha value is -1.60. The Kier molecular flexibility index (Phi) is 5.65. The highest BCUT2D eigenvalue weighted by molar-refractivity contribution is 6.42. The minimum atomic E-state index is 0.0410. The van der Waals surface area contributed by atoms with Gasteiger partial charge in [-0.1, -0.05) is 29.6 Å². The molecule has 1 aromatic heterocycles. The first kappa shape index (κ1) is 19.7. The molecule has 2 aromatic rings. The van der Waals surface area contributed by atoms with E-state index in [0.717, 1.165) is 42.0 Å². The Morgan fingerprint density at radius 2 is 2.11 bits per heavy atom. The summed E-state index contributed by atoms with van der Waals surface area (Å²) >= 11 is 12.2. The van der Waals surface area contributed by atoms with Gasteiger partial charge in [0.25, 0.3) is 0 Å². The maximum absolute atomic E-state index is 12.8. The number of amides is 1. The number of carbonyl (C=O) groups is 1. The average Bonchev–Trinajstić information content (AvgIpc) is 3.25. The summed E-state index contributed by atoms with van der Waals surface area (Å²) < 4.78 is 1.82. The van der Waals surface area contributed by atoms with Gasteiger partial charge in [-0.25, -0.2) is 4.68 Å². The molecule has 0 radical (unpaired) electrons. The second-order valence-corrected chi connectivity index (χ2v) is 8.57. The van der Waals surface area contributed by atoms with Crippen molar-refractivity contribution in [3.63, 3.8) is 0 Å². The second-order valence-electron chi connectivity index (χ2n) is 7.75. The molecule has 2 aliphatic rings. The van der Waals surface area contributed by atoms with Crippen molar-refractivity contribution >= 4 is 29.1 Å². The van der Waals surface area contributed by atoms with Crippen LogP contribution in [0.1, 0.15) is 36.2 Å². The first-order valence-electron chi connectivity index (χ1n) is 9.72. The molecule has 0 spiro atoms. The summed E-state index contributed by atoms with van der Waals surface area (Å²) in [5, 5.41) is 8.85. The van der Waals surface area contributed by atoms with Crippen molar-refractivity contribution in [1.29, 1.82) is 0 Å². The smallest absolute Gasteiger partial charge is 0.224 e. The molecule has 28 heavy (non-hydrogen) atoms. The lowest BCUT2D eigenvalue weighted by Crippen LogP contribution is -2.53. The van der Waals surface area contributed by atoms with Gasteiger partial charge in [-0.15, -0.1) is 0 Å². The number of nitrogens with zero attached hydrogens (tertiary/aromatic N) is 2. The van der Waals surface area contributed by atoms with Crippen LogP contribution in [-0.2, 0) is 11.2 Å².